The predicted octanol–water partition coefficient (Wildman–Crippen LogP) is 14.5. The van der Waals surface area contributed by atoms with Gasteiger partial charge in [0, 0.05) is 58.1 Å². The van der Waals surface area contributed by atoms with Gasteiger partial charge in [-0.1, -0.05) is 146 Å². The summed E-state index contributed by atoms with van der Waals surface area (Å²) in [4.78, 5) is 11.2. The highest BCUT2D eigenvalue weighted by atomic mass is 32.1. The highest BCUT2D eigenvalue weighted by Gasteiger charge is 2.23. The Morgan fingerprint density at radius 2 is 0.946 bits per heavy atom. The molecule has 10 aromatic carbocycles. The van der Waals surface area contributed by atoms with Crippen molar-refractivity contribution in [2.75, 3.05) is 0 Å². The molecule has 0 atom stereocenters. The molecule has 3 nitrogen and oxygen atoms in total. The fourth-order valence-corrected chi connectivity index (χ4v) is 10.6. The van der Waals surface area contributed by atoms with Crippen LogP contribution in [0.4, 0.5) is 0 Å². The molecular weight excluding hydrogens is 699 g/mol. The van der Waals surface area contributed by atoms with E-state index in [0.717, 1.165) is 44.0 Å². The summed E-state index contributed by atoms with van der Waals surface area (Å²) in [7, 11) is 0. The number of thiophene rings is 1. The zero-order chi connectivity index (χ0) is 36.5. The molecule has 258 valence electrons. The van der Waals surface area contributed by atoms with Gasteiger partial charge in [-0.3, -0.25) is 4.57 Å². The zero-order valence-electron chi connectivity index (χ0n) is 30.0. The molecule has 0 bridgehead atoms. The van der Waals surface area contributed by atoms with Crippen LogP contribution in [0.25, 0.3) is 124 Å². The van der Waals surface area contributed by atoms with Gasteiger partial charge in [0.1, 0.15) is 0 Å². The minimum Gasteiger partial charge on any atom is -0.277 e. The molecule has 3 aromatic heterocycles. The van der Waals surface area contributed by atoms with Crippen LogP contribution in [0.3, 0.4) is 0 Å². The van der Waals surface area contributed by atoms with Gasteiger partial charge in [-0.15, -0.1) is 11.3 Å². The van der Waals surface area contributed by atoms with E-state index in [1.54, 1.807) is 0 Å². The second-order valence-corrected chi connectivity index (χ2v) is 15.9. The van der Waals surface area contributed by atoms with Gasteiger partial charge in [-0.2, -0.15) is 0 Å². The number of benzene rings is 10. The summed E-state index contributed by atoms with van der Waals surface area (Å²) in [6.45, 7) is 0. The molecule has 0 saturated carbocycles. The van der Waals surface area contributed by atoms with Crippen LogP contribution in [0, 0.1) is 0 Å². The molecule has 13 rings (SSSR count). The van der Waals surface area contributed by atoms with Crippen LogP contribution >= 0.6 is 11.3 Å². The summed E-state index contributed by atoms with van der Waals surface area (Å²) >= 11 is 1.84. The Morgan fingerprint density at radius 3 is 1.73 bits per heavy atom. The van der Waals surface area contributed by atoms with E-state index >= 15 is 0 Å². The summed E-state index contributed by atoms with van der Waals surface area (Å²) in [5.74, 6) is 0.667. The maximum atomic E-state index is 5.65. The van der Waals surface area contributed by atoms with E-state index in [-0.39, 0.29) is 0 Å². The molecule has 0 N–H and O–H groups in total. The summed E-state index contributed by atoms with van der Waals surface area (Å²) in [6.07, 6.45) is 0. The van der Waals surface area contributed by atoms with Crippen molar-refractivity contribution < 1.29 is 0 Å². The van der Waals surface area contributed by atoms with Crippen molar-refractivity contribution in [2.24, 2.45) is 0 Å². The average Bonchev–Trinajstić information content (AvgIpc) is 3.82. The van der Waals surface area contributed by atoms with Gasteiger partial charge in [-0.05, 0) is 68.0 Å². The molecule has 4 heteroatoms. The SMILES string of the molecule is c1ccc2c(c1)ccc1c(-c3ccc4sc5ccccc5c4c3)nc(-n3c4ccc5c6ccccc6c6ccccc6c5c4c4ccc5ccccc5c43)nc12. The van der Waals surface area contributed by atoms with E-state index in [2.05, 4.69) is 180 Å². The van der Waals surface area contributed by atoms with E-state index in [4.69, 9.17) is 9.97 Å². The van der Waals surface area contributed by atoms with Crippen molar-refractivity contribution in [3.05, 3.63) is 176 Å². The number of hydrogen-bond acceptors (Lipinski definition) is 3. The third-order valence-electron chi connectivity index (χ3n) is 12.0. The van der Waals surface area contributed by atoms with E-state index in [1.807, 2.05) is 11.3 Å². The topological polar surface area (TPSA) is 30.7 Å². The van der Waals surface area contributed by atoms with E-state index in [0.29, 0.717) is 5.95 Å². The summed E-state index contributed by atoms with van der Waals surface area (Å²) in [5, 5.41) is 18.2. The first-order chi connectivity index (χ1) is 27.8. The van der Waals surface area contributed by atoms with Crippen LogP contribution < -0.4 is 0 Å². The Labute approximate surface area is 324 Å². The minimum atomic E-state index is 0.667. The molecule has 0 amide bonds. The van der Waals surface area contributed by atoms with Crippen molar-refractivity contribution in [1.29, 1.82) is 0 Å². The summed E-state index contributed by atoms with van der Waals surface area (Å²) in [6, 6.07) is 64.2. The largest absolute Gasteiger partial charge is 0.277 e. The van der Waals surface area contributed by atoms with Gasteiger partial charge in [0.05, 0.1) is 22.2 Å². The Kier molecular flexibility index (Phi) is 6.04. The Hall–Kier alpha value is -7.14. The lowest BCUT2D eigenvalue weighted by Crippen LogP contribution is -2.04. The molecule has 0 unspecified atom stereocenters. The number of hydrogen-bond donors (Lipinski definition) is 0. The Morgan fingerprint density at radius 1 is 0.375 bits per heavy atom. The smallest absolute Gasteiger partial charge is 0.235 e. The second kappa shape index (κ2) is 11.2. The average molecular weight is 728 g/mol. The number of nitrogens with zero attached hydrogens (tertiary/aromatic N) is 3. The van der Waals surface area contributed by atoms with E-state index in [1.165, 1.54) is 74.0 Å². The predicted molar refractivity (Wildman–Crippen MR) is 240 cm³/mol. The van der Waals surface area contributed by atoms with Crippen molar-refractivity contribution >= 4 is 118 Å². The molecule has 0 saturated heterocycles. The van der Waals surface area contributed by atoms with Crippen LogP contribution in [0.5, 0.6) is 0 Å². The summed E-state index contributed by atoms with van der Waals surface area (Å²) in [5.41, 5.74) is 5.17. The molecule has 13 aromatic rings. The molecule has 0 fully saturated rings. The fraction of sp³-hybridized carbons (Fsp3) is 0. The van der Waals surface area contributed by atoms with Crippen molar-refractivity contribution in [3.8, 4) is 17.2 Å². The third-order valence-corrected chi connectivity index (χ3v) is 13.1. The van der Waals surface area contributed by atoms with Crippen LogP contribution in [-0.4, -0.2) is 14.5 Å². The lowest BCUT2D eigenvalue weighted by atomic mass is 9.91. The van der Waals surface area contributed by atoms with Gasteiger partial charge >= 0.3 is 0 Å². The standard InChI is InChI=1S/C52H29N3S/c1-3-13-33-30(11-1)22-25-42-49(32-23-28-46-43(29-32)38-18-9-10-20-45(38)56-46)53-52(54-50(33)42)55-44-27-26-40-37-17-6-5-15-35(37)36-16-7-8-19-39(36)47(40)48(44)41-24-21-31-12-2-4-14-34(31)51(41)55/h1-29H. The fourth-order valence-electron chi connectivity index (χ4n) is 9.51. The molecular formula is C52H29N3S. The molecule has 56 heavy (non-hydrogen) atoms. The van der Waals surface area contributed by atoms with Gasteiger partial charge in [0.25, 0.3) is 0 Å². The number of rotatable bonds is 2. The van der Waals surface area contributed by atoms with Crippen molar-refractivity contribution in [2.45, 2.75) is 0 Å². The highest BCUT2D eigenvalue weighted by Crippen LogP contribution is 2.45. The highest BCUT2D eigenvalue weighted by molar-refractivity contribution is 7.25. The molecule has 0 aliphatic carbocycles. The van der Waals surface area contributed by atoms with E-state index < -0.39 is 0 Å². The van der Waals surface area contributed by atoms with Crippen LogP contribution in [0.2, 0.25) is 0 Å². The quantitative estimate of drug-likeness (QED) is 0.166. The zero-order valence-corrected chi connectivity index (χ0v) is 30.8. The summed E-state index contributed by atoms with van der Waals surface area (Å²) < 4.78 is 4.92. The maximum absolute atomic E-state index is 5.65. The maximum Gasteiger partial charge on any atom is 0.235 e. The first-order valence-corrected chi connectivity index (χ1v) is 19.9. The minimum absolute atomic E-state index is 0.667. The molecule has 0 radical (unpaired) electrons. The normalized spacial score (nSPS) is 12.3. The monoisotopic (exact) mass is 727 g/mol. The first-order valence-electron chi connectivity index (χ1n) is 19.1. The third kappa shape index (κ3) is 4.06. The lowest BCUT2D eigenvalue weighted by molar-refractivity contribution is 1.02. The van der Waals surface area contributed by atoms with Crippen LogP contribution in [0.1, 0.15) is 0 Å². The second-order valence-electron chi connectivity index (χ2n) is 14.9. The van der Waals surface area contributed by atoms with E-state index in [9.17, 15) is 0 Å². The molecule has 0 spiro atoms. The van der Waals surface area contributed by atoms with Crippen molar-refractivity contribution in [1.82, 2.24) is 14.5 Å². The molecule has 0 aliphatic heterocycles. The lowest BCUT2D eigenvalue weighted by Gasteiger charge is -2.14. The number of fused-ring (bicyclic) bond motifs is 18. The van der Waals surface area contributed by atoms with Gasteiger partial charge < -0.3 is 0 Å². The number of aromatic nitrogens is 3. The van der Waals surface area contributed by atoms with Gasteiger partial charge in [-0.25, -0.2) is 9.97 Å². The first kappa shape index (κ1) is 30.2. The Balaban J connectivity index is 1.23. The van der Waals surface area contributed by atoms with Crippen LogP contribution in [0.15, 0.2) is 176 Å². The molecule has 0 aliphatic rings. The van der Waals surface area contributed by atoms with Gasteiger partial charge in [0.2, 0.25) is 5.95 Å². The van der Waals surface area contributed by atoms with Crippen LogP contribution in [-0.2, 0) is 0 Å². The van der Waals surface area contributed by atoms with Crippen molar-refractivity contribution in [3.63, 3.8) is 0 Å². The van der Waals surface area contributed by atoms with Gasteiger partial charge in [0.15, 0.2) is 0 Å². The Bertz CT molecular complexity index is 3800. The molecule has 3 heterocycles.